The van der Waals surface area contributed by atoms with Crippen LogP contribution in [0.15, 0.2) is 104 Å². The Morgan fingerprint density at radius 1 is 0.814 bits per heavy atom. The zero-order valence-electron chi connectivity index (χ0n) is 24.7. The molecule has 0 bridgehead atoms. The van der Waals surface area contributed by atoms with Crippen LogP contribution >= 0.6 is 0 Å². The first kappa shape index (κ1) is 26.0. The lowest BCUT2D eigenvalue weighted by atomic mass is 9.76. The van der Waals surface area contributed by atoms with E-state index in [9.17, 15) is 0 Å². The van der Waals surface area contributed by atoms with Crippen molar-refractivity contribution in [2.24, 2.45) is 0 Å². The molecule has 0 amide bonds. The van der Waals surface area contributed by atoms with E-state index in [-0.39, 0.29) is 11.2 Å². The molecular weight excluding hydrogens is 529 g/mol. The summed E-state index contributed by atoms with van der Waals surface area (Å²) in [5.41, 5.74) is 8.47. The molecule has 3 aliphatic rings. The second kappa shape index (κ2) is 9.44. The highest BCUT2D eigenvalue weighted by Gasteiger charge is 2.45. The third-order valence-corrected chi connectivity index (χ3v) is 9.80. The Balaban J connectivity index is 1.38. The van der Waals surface area contributed by atoms with Crippen molar-refractivity contribution in [1.82, 2.24) is 0 Å². The maximum Gasteiger partial charge on any atom is 0.178 e. The van der Waals surface area contributed by atoms with E-state index >= 15 is 4.39 Å². The number of fused-ring (bicyclic) bond motifs is 8. The predicted octanol–water partition coefficient (Wildman–Crippen LogP) is 9.88. The molecule has 8 rings (SSSR count). The number of benzene rings is 5. The monoisotopic (exact) mass is 563 g/mol. The summed E-state index contributed by atoms with van der Waals surface area (Å²) in [5, 5.41) is 2.10. The second-order valence-electron chi connectivity index (χ2n) is 12.6. The first-order valence-electron chi connectivity index (χ1n) is 15.3. The van der Waals surface area contributed by atoms with E-state index < -0.39 is 5.60 Å². The summed E-state index contributed by atoms with van der Waals surface area (Å²) in [6, 6.07) is 31.1. The summed E-state index contributed by atoms with van der Waals surface area (Å²) >= 11 is 0. The van der Waals surface area contributed by atoms with Crippen LogP contribution in [0.5, 0.6) is 5.75 Å². The van der Waals surface area contributed by atoms with Crippen LogP contribution in [0.2, 0.25) is 0 Å². The van der Waals surface area contributed by atoms with Crippen LogP contribution in [0.1, 0.15) is 60.1 Å². The van der Waals surface area contributed by atoms with Gasteiger partial charge in [-0.25, -0.2) is 4.39 Å². The van der Waals surface area contributed by atoms with Gasteiger partial charge >= 0.3 is 0 Å². The van der Waals surface area contributed by atoms with E-state index in [2.05, 4.69) is 110 Å². The summed E-state index contributed by atoms with van der Waals surface area (Å²) in [6.45, 7) is 10.7. The molecule has 43 heavy (non-hydrogen) atoms. The Labute approximate surface area is 252 Å². The van der Waals surface area contributed by atoms with Crippen LogP contribution in [0, 0.1) is 5.82 Å². The highest BCUT2D eigenvalue weighted by molar-refractivity contribution is 6.09. The van der Waals surface area contributed by atoms with Gasteiger partial charge in [0.1, 0.15) is 11.6 Å². The molecule has 5 aromatic rings. The Morgan fingerprint density at radius 3 is 2.21 bits per heavy atom. The Kier molecular flexibility index (Phi) is 5.71. The molecule has 5 aromatic carbocycles. The fourth-order valence-corrected chi connectivity index (χ4v) is 7.89. The van der Waals surface area contributed by atoms with E-state index in [1.807, 2.05) is 6.07 Å². The van der Waals surface area contributed by atoms with Crippen molar-refractivity contribution < 1.29 is 9.13 Å². The average molecular weight is 564 g/mol. The van der Waals surface area contributed by atoms with Crippen molar-refractivity contribution >= 4 is 28.6 Å². The molecule has 2 aliphatic heterocycles. The van der Waals surface area contributed by atoms with Crippen molar-refractivity contribution in [3.05, 3.63) is 143 Å². The van der Waals surface area contributed by atoms with Gasteiger partial charge < -0.3 is 9.64 Å². The van der Waals surface area contributed by atoms with Crippen molar-refractivity contribution in [2.75, 3.05) is 18.0 Å². The SMILES string of the molecule is C=Cc1cc(F)cc2c1C(C)(C)c1c3c(c4ccccc4c1-2)OC(c1ccccc1)(c1ccc(N2CCCC2)cc1)C=C3. The van der Waals surface area contributed by atoms with Gasteiger partial charge in [-0.3, -0.25) is 0 Å². The highest BCUT2D eigenvalue weighted by atomic mass is 19.1. The molecule has 1 unspecified atom stereocenters. The van der Waals surface area contributed by atoms with Gasteiger partial charge in [-0.15, -0.1) is 0 Å². The van der Waals surface area contributed by atoms with Gasteiger partial charge in [0.05, 0.1) is 0 Å². The summed E-state index contributed by atoms with van der Waals surface area (Å²) in [4.78, 5) is 2.46. The molecule has 212 valence electrons. The summed E-state index contributed by atoms with van der Waals surface area (Å²) in [6.07, 6.45) is 8.75. The van der Waals surface area contributed by atoms with Crippen molar-refractivity contribution in [3.63, 3.8) is 0 Å². The number of nitrogens with zero attached hydrogens (tertiary/aromatic N) is 1. The number of anilines is 1. The van der Waals surface area contributed by atoms with Crippen molar-refractivity contribution in [1.29, 1.82) is 0 Å². The predicted molar refractivity (Wildman–Crippen MR) is 176 cm³/mol. The fraction of sp³-hybridized carbons (Fsp3) is 0.200. The lowest BCUT2D eigenvalue weighted by Crippen LogP contribution is -2.35. The number of halogens is 1. The van der Waals surface area contributed by atoms with Gasteiger partial charge in [0.25, 0.3) is 0 Å². The molecule has 3 heteroatoms. The second-order valence-corrected chi connectivity index (χ2v) is 12.6. The maximum atomic E-state index is 15.0. The Hall–Kier alpha value is -4.63. The Morgan fingerprint density at radius 2 is 1.49 bits per heavy atom. The molecule has 1 saturated heterocycles. The number of rotatable bonds is 4. The van der Waals surface area contributed by atoms with Gasteiger partial charge in [0.2, 0.25) is 0 Å². The van der Waals surface area contributed by atoms with E-state index in [0.717, 1.165) is 68.6 Å². The van der Waals surface area contributed by atoms with Crippen LogP contribution in [-0.2, 0) is 11.0 Å². The minimum atomic E-state index is -0.803. The molecule has 0 aromatic heterocycles. The number of ether oxygens (including phenoxy) is 1. The zero-order chi connectivity index (χ0) is 29.3. The van der Waals surface area contributed by atoms with Gasteiger partial charge in [0.15, 0.2) is 5.60 Å². The van der Waals surface area contributed by atoms with Crippen molar-refractivity contribution in [2.45, 2.75) is 37.7 Å². The fourth-order valence-electron chi connectivity index (χ4n) is 7.89. The van der Waals surface area contributed by atoms with Gasteiger partial charge in [-0.2, -0.15) is 0 Å². The quantitative estimate of drug-likeness (QED) is 0.216. The maximum absolute atomic E-state index is 15.0. The lowest BCUT2D eigenvalue weighted by molar-refractivity contribution is 0.163. The minimum Gasteiger partial charge on any atom is -0.472 e. The number of hydrogen-bond acceptors (Lipinski definition) is 2. The minimum absolute atomic E-state index is 0.244. The number of hydrogen-bond donors (Lipinski definition) is 0. The summed E-state index contributed by atoms with van der Waals surface area (Å²) in [7, 11) is 0. The van der Waals surface area contributed by atoms with Crippen LogP contribution in [0.3, 0.4) is 0 Å². The average Bonchev–Trinajstić information content (AvgIpc) is 3.66. The van der Waals surface area contributed by atoms with E-state index in [4.69, 9.17) is 4.74 Å². The zero-order valence-corrected chi connectivity index (χ0v) is 24.7. The molecule has 1 aliphatic carbocycles. The topological polar surface area (TPSA) is 12.5 Å². The standard InChI is InChI=1S/C40H34FNO/c1-4-26-24-29(41)25-34-35-31-14-8-9-15-32(31)38-33(37(35)39(2,3)36(26)34)20-21-40(43-38,27-12-6-5-7-13-27)28-16-18-30(19-17-28)42-22-10-11-23-42/h4-9,12-21,24-25H,1,10-11,22-23H2,2-3H3. The molecule has 0 radical (unpaired) electrons. The highest BCUT2D eigenvalue weighted by Crippen LogP contribution is 2.59. The third-order valence-electron chi connectivity index (χ3n) is 9.80. The molecule has 0 N–H and O–H groups in total. The molecule has 0 spiro atoms. The van der Waals surface area contributed by atoms with Gasteiger partial charge in [-0.05, 0) is 76.4 Å². The largest absolute Gasteiger partial charge is 0.472 e. The van der Waals surface area contributed by atoms with Gasteiger partial charge in [-0.1, -0.05) is 99.3 Å². The van der Waals surface area contributed by atoms with E-state index in [1.165, 1.54) is 24.1 Å². The lowest BCUT2D eigenvalue weighted by Gasteiger charge is -2.38. The molecule has 0 saturated carbocycles. The van der Waals surface area contributed by atoms with Crippen LogP contribution < -0.4 is 9.64 Å². The molecular formula is C40H34FNO. The third kappa shape index (κ3) is 3.70. The van der Waals surface area contributed by atoms with Crippen LogP contribution in [-0.4, -0.2) is 13.1 Å². The molecule has 2 heterocycles. The normalized spacial score (nSPS) is 19.6. The summed E-state index contributed by atoms with van der Waals surface area (Å²) in [5.74, 6) is 0.622. The van der Waals surface area contributed by atoms with E-state index in [0.29, 0.717) is 0 Å². The van der Waals surface area contributed by atoms with Crippen LogP contribution in [0.4, 0.5) is 10.1 Å². The summed E-state index contributed by atoms with van der Waals surface area (Å²) < 4.78 is 22.4. The smallest absolute Gasteiger partial charge is 0.178 e. The Bertz CT molecular complexity index is 1950. The van der Waals surface area contributed by atoms with Crippen molar-refractivity contribution in [3.8, 4) is 16.9 Å². The molecule has 2 nitrogen and oxygen atoms in total. The van der Waals surface area contributed by atoms with E-state index in [1.54, 1.807) is 18.2 Å². The van der Waals surface area contributed by atoms with Crippen LogP contribution in [0.25, 0.3) is 34.1 Å². The first-order valence-corrected chi connectivity index (χ1v) is 15.3. The first-order chi connectivity index (χ1) is 20.9. The molecule has 1 fully saturated rings. The molecule has 1 atom stereocenters. The van der Waals surface area contributed by atoms with Gasteiger partial charge in [0, 0.05) is 46.3 Å².